The number of hydrogen-bond donors (Lipinski definition) is 1. The van der Waals surface area contributed by atoms with Crippen molar-refractivity contribution in [1.29, 1.82) is 0 Å². The monoisotopic (exact) mass is 395 g/mol. The van der Waals surface area contributed by atoms with Crippen LogP contribution in [-0.4, -0.2) is 22.0 Å². The van der Waals surface area contributed by atoms with E-state index >= 15 is 0 Å². The van der Waals surface area contributed by atoms with E-state index in [1.165, 1.54) is 11.3 Å². The van der Waals surface area contributed by atoms with Crippen LogP contribution >= 0.6 is 23.4 Å². The second kappa shape index (κ2) is 9.92. The number of hydrogen-bond acceptors (Lipinski definition) is 6. The largest absolute Gasteiger partial charge is 0.481 e. The average Bonchev–Trinajstić information content (AvgIpc) is 3.04. The van der Waals surface area contributed by atoms with E-state index in [2.05, 4.69) is 4.98 Å². The fourth-order valence-electron chi connectivity index (χ4n) is 2.95. The third-order valence-electron chi connectivity index (χ3n) is 4.40. The van der Waals surface area contributed by atoms with Crippen LogP contribution in [0.3, 0.4) is 0 Å². The number of carboxylic acids is 1. The van der Waals surface area contributed by atoms with Gasteiger partial charge in [-0.15, -0.1) is 11.3 Å². The van der Waals surface area contributed by atoms with E-state index in [0.29, 0.717) is 17.2 Å². The van der Waals surface area contributed by atoms with Gasteiger partial charge in [0.05, 0.1) is 22.1 Å². The highest BCUT2D eigenvalue weighted by Crippen LogP contribution is 2.39. The van der Waals surface area contributed by atoms with E-state index in [0.717, 1.165) is 47.9 Å². The number of unbranched alkanes of at least 4 members (excludes halogenated alkanes) is 2. The molecule has 0 atom stereocenters. The Morgan fingerprint density at radius 3 is 2.42 bits per heavy atom. The highest BCUT2D eigenvalue weighted by atomic mass is 32.2. The molecule has 0 radical (unpaired) electrons. The Morgan fingerprint density at radius 2 is 1.85 bits per heavy atom. The van der Waals surface area contributed by atoms with Gasteiger partial charge >= 0.3 is 11.9 Å². The van der Waals surface area contributed by atoms with Crippen molar-refractivity contribution in [2.24, 2.45) is 5.41 Å². The summed E-state index contributed by atoms with van der Waals surface area (Å²) in [5.41, 5.74) is -0.0912. The van der Waals surface area contributed by atoms with Gasteiger partial charge in [0.15, 0.2) is 4.34 Å². The number of thiazole rings is 1. The number of carbonyl (C=O) groups is 2. The van der Waals surface area contributed by atoms with E-state index in [1.54, 1.807) is 0 Å². The van der Waals surface area contributed by atoms with Gasteiger partial charge in [0.25, 0.3) is 0 Å². The molecule has 0 bridgehead atoms. The van der Waals surface area contributed by atoms with Gasteiger partial charge < -0.3 is 9.29 Å². The molecule has 142 valence electrons. The summed E-state index contributed by atoms with van der Waals surface area (Å²) in [5.74, 6) is -1.40. The summed E-state index contributed by atoms with van der Waals surface area (Å²) in [6, 6.07) is 7.73. The van der Waals surface area contributed by atoms with Gasteiger partial charge in [-0.1, -0.05) is 51.7 Å². The number of benzene rings is 1. The van der Waals surface area contributed by atoms with Gasteiger partial charge in [0, 0.05) is 0 Å². The van der Waals surface area contributed by atoms with Crippen molar-refractivity contribution in [2.75, 3.05) is 0 Å². The number of para-hydroxylation sites is 1. The van der Waals surface area contributed by atoms with Crippen LogP contribution in [0, 0.1) is 5.41 Å². The van der Waals surface area contributed by atoms with E-state index in [4.69, 9.17) is 4.18 Å². The topological polar surface area (TPSA) is 76.5 Å². The Hall–Kier alpha value is -1.60. The van der Waals surface area contributed by atoms with Gasteiger partial charge in [-0.05, 0) is 25.0 Å². The summed E-state index contributed by atoms with van der Waals surface area (Å²) >= 11 is 2.40. The standard InChI is InChI=1S/C19H25NO4S2/c1-3-5-11-19(12-6-4-2,13-16(21)22)17(23)24-26-18-20-14-9-7-8-10-15(14)25-18/h7-10H,3-6,11-13H2,1-2H3,(H,21,22). The third-order valence-corrected chi connectivity index (χ3v) is 6.16. The zero-order valence-electron chi connectivity index (χ0n) is 15.2. The van der Waals surface area contributed by atoms with Crippen LogP contribution in [0.1, 0.15) is 58.8 Å². The summed E-state index contributed by atoms with van der Waals surface area (Å²) in [4.78, 5) is 28.7. The molecule has 7 heteroatoms. The number of fused-ring (bicyclic) bond motifs is 1. The van der Waals surface area contributed by atoms with Crippen molar-refractivity contribution in [2.45, 2.75) is 63.1 Å². The number of aromatic nitrogens is 1. The highest BCUT2D eigenvalue weighted by Gasteiger charge is 2.41. The number of carbonyl (C=O) groups excluding carboxylic acids is 1. The molecule has 5 nitrogen and oxygen atoms in total. The molecule has 2 rings (SSSR count). The quantitative estimate of drug-likeness (QED) is 0.493. The minimum atomic E-state index is -0.959. The third kappa shape index (κ3) is 5.45. The Labute approximate surface area is 162 Å². The van der Waals surface area contributed by atoms with Crippen molar-refractivity contribution in [1.82, 2.24) is 4.98 Å². The van der Waals surface area contributed by atoms with E-state index < -0.39 is 17.4 Å². The predicted octanol–water partition coefficient (Wildman–Crippen LogP) is 5.69. The minimum absolute atomic E-state index is 0.188. The molecule has 0 saturated carbocycles. The van der Waals surface area contributed by atoms with Crippen LogP contribution in [0.5, 0.6) is 0 Å². The SMILES string of the molecule is CCCCC(CCCC)(CC(=O)O)C(=O)OSc1nc2ccccc2s1. The fraction of sp³-hybridized carbons (Fsp3) is 0.526. The van der Waals surface area contributed by atoms with Crippen LogP contribution < -0.4 is 0 Å². The van der Waals surface area contributed by atoms with Gasteiger partial charge in [-0.25, -0.2) is 4.98 Å². The van der Waals surface area contributed by atoms with Gasteiger partial charge in [-0.2, -0.15) is 0 Å². The lowest BCUT2D eigenvalue weighted by Crippen LogP contribution is -2.34. The molecule has 1 aromatic heterocycles. The zero-order chi connectivity index (χ0) is 19.0. The Morgan fingerprint density at radius 1 is 1.19 bits per heavy atom. The number of nitrogens with zero attached hydrogens (tertiary/aromatic N) is 1. The lowest BCUT2D eigenvalue weighted by molar-refractivity contribution is -0.153. The van der Waals surface area contributed by atoms with Crippen LogP contribution in [0.25, 0.3) is 10.2 Å². The molecule has 0 fully saturated rings. The molecule has 0 aliphatic rings. The predicted molar refractivity (Wildman–Crippen MR) is 105 cm³/mol. The minimum Gasteiger partial charge on any atom is -0.481 e. The molecule has 0 amide bonds. The molecule has 1 aromatic carbocycles. The van der Waals surface area contributed by atoms with Crippen LogP contribution in [0.15, 0.2) is 28.6 Å². The summed E-state index contributed by atoms with van der Waals surface area (Å²) in [5, 5.41) is 9.35. The summed E-state index contributed by atoms with van der Waals surface area (Å²) < 4.78 is 7.16. The Kier molecular flexibility index (Phi) is 7.90. The molecule has 26 heavy (non-hydrogen) atoms. The summed E-state index contributed by atoms with van der Waals surface area (Å²) in [6.07, 6.45) is 4.31. The second-order valence-electron chi connectivity index (χ2n) is 6.46. The first-order valence-corrected chi connectivity index (χ1v) is 10.5. The lowest BCUT2D eigenvalue weighted by Gasteiger charge is -2.29. The van der Waals surface area contributed by atoms with E-state index in [9.17, 15) is 14.7 Å². The molecule has 1 heterocycles. The van der Waals surface area contributed by atoms with Crippen LogP contribution in [0.4, 0.5) is 0 Å². The maximum atomic E-state index is 12.9. The highest BCUT2D eigenvalue weighted by molar-refractivity contribution is 7.97. The Balaban J connectivity index is 2.13. The number of rotatable bonds is 11. The maximum Gasteiger partial charge on any atom is 0.325 e. The first-order chi connectivity index (χ1) is 12.5. The molecule has 0 saturated heterocycles. The van der Waals surface area contributed by atoms with Gasteiger partial charge in [-0.3, -0.25) is 9.59 Å². The van der Waals surface area contributed by atoms with Crippen LogP contribution in [0.2, 0.25) is 0 Å². The van der Waals surface area contributed by atoms with E-state index in [-0.39, 0.29) is 6.42 Å². The maximum absolute atomic E-state index is 12.9. The van der Waals surface area contributed by atoms with Crippen molar-refractivity contribution >= 4 is 45.5 Å². The smallest absolute Gasteiger partial charge is 0.325 e. The van der Waals surface area contributed by atoms with E-state index in [1.807, 2.05) is 38.1 Å². The first kappa shape index (κ1) is 20.7. The van der Waals surface area contributed by atoms with Crippen molar-refractivity contribution in [3.8, 4) is 0 Å². The molecule has 0 aliphatic carbocycles. The molecular formula is C19H25NO4S2. The van der Waals surface area contributed by atoms with Gasteiger partial charge in [0.2, 0.25) is 0 Å². The summed E-state index contributed by atoms with van der Waals surface area (Å²) in [6.45, 7) is 4.07. The van der Waals surface area contributed by atoms with Crippen molar-refractivity contribution in [3.63, 3.8) is 0 Å². The summed E-state index contributed by atoms with van der Waals surface area (Å²) in [7, 11) is 0. The van der Waals surface area contributed by atoms with Crippen molar-refractivity contribution < 1.29 is 18.9 Å². The first-order valence-electron chi connectivity index (χ1n) is 8.97. The number of aliphatic carboxylic acids is 1. The molecular weight excluding hydrogens is 370 g/mol. The van der Waals surface area contributed by atoms with Crippen LogP contribution in [-0.2, 0) is 13.8 Å². The molecule has 0 spiro atoms. The molecule has 2 aromatic rings. The second-order valence-corrected chi connectivity index (χ2v) is 8.47. The fourth-order valence-corrected chi connectivity index (χ4v) is 4.61. The van der Waals surface area contributed by atoms with Gasteiger partial charge in [0.1, 0.15) is 12.0 Å². The Bertz CT molecular complexity index is 703. The molecule has 0 unspecified atom stereocenters. The molecule has 1 N–H and O–H groups in total. The zero-order valence-corrected chi connectivity index (χ0v) is 16.8. The number of carboxylic acid groups (broad SMARTS) is 1. The molecule has 0 aliphatic heterocycles. The average molecular weight is 396 g/mol. The normalized spacial score (nSPS) is 11.6. The lowest BCUT2D eigenvalue weighted by atomic mass is 9.75. The van der Waals surface area contributed by atoms with Crippen molar-refractivity contribution in [3.05, 3.63) is 24.3 Å².